The van der Waals surface area contributed by atoms with Gasteiger partial charge in [0.2, 0.25) is 0 Å². The van der Waals surface area contributed by atoms with E-state index in [0.717, 1.165) is 46.2 Å². The van der Waals surface area contributed by atoms with E-state index in [4.69, 9.17) is 37.9 Å². The van der Waals surface area contributed by atoms with Gasteiger partial charge in [0.15, 0.2) is 12.6 Å². The van der Waals surface area contributed by atoms with Crippen molar-refractivity contribution in [3.8, 4) is 0 Å². The van der Waals surface area contributed by atoms with Gasteiger partial charge >= 0.3 is 6.09 Å². The lowest BCUT2D eigenvalue weighted by molar-refractivity contribution is -0.341. The number of hydrogen-bond donors (Lipinski definition) is 3. The molecule has 0 spiro atoms. The molecule has 5 aromatic rings. The predicted octanol–water partition coefficient (Wildman–Crippen LogP) is 9.81. The third kappa shape index (κ3) is 12.6. The van der Waals surface area contributed by atoms with E-state index in [1.807, 2.05) is 159 Å². The maximum absolute atomic E-state index is 13.3. The molecule has 2 aliphatic heterocycles. The molecule has 5 aromatic carbocycles. The summed E-state index contributed by atoms with van der Waals surface area (Å²) in [5.74, 6) is 0.190. The van der Waals surface area contributed by atoms with E-state index in [0.29, 0.717) is 19.6 Å². The highest BCUT2D eigenvalue weighted by molar-refractivity contribution is 5.68. The Labute approximate surface area is 425 Å². The smallest absolute Gasteiger partial charge is 0.407 e. The summed E-state index contributed by atoms with van der Waals surface area (Å²) in [6.07, 6.45) is -5.99. The molecule has 6 unspecified atom stereocenters. The van der Waals surface area contributed by atoms with Crippen LogP contribution in [0, 0.1) is 24.7 Å². The van der Waals surface area contributed by atoms with Crippen LogP contribution in [-0.4, -0.2) is 97.0 Å². The minimum absolute atomic E-state index is 0.0181. The van der Waals surface area contributed by atoms with Gasteiger partial charge in [-0.15, -0.1) is 0 Å². The van der Waals surface area contributed by atoms with Crippen molar-refractivity contribution < 1.29 is 52.9 Å². The predicted molar refractivity (Wildman–Crippen MR) is 275 cm³/mol. The molecule has 72 heavy (non-hydrogen) atoms. The van der Waals surface area contributed by atoms with Gasteiger partial charge in [-0.3, -0.25) is 0 Å². The number of carbonyl (C=O) groups is 1. The molecule has 14 atom stereocenters. The zero-order chi connectivity index (χ0) is 50.6. The standard InChI is InChI=1S/C60H73NO11/c1-7-33-65-59(64)61-51-53(63)52(62)50(38-68-60(46-25-17-11-18-26-46,47-27-19-12-20-28-47)48-31-29-39(3)30-32-48)71-57(51)70-49-35-40(4)34-45(8-2)55(49)72-58-56(67-37-44-23-15-10-16-24-44)54(41(5)42(6)69-58)66-36-43-21-13-9-14-22-43/h7,9-32,40-42,45,49-58,62-63H,1,8,33-38H2,2-6H3,(H,61,64)/t40?,41-,42?,45?,49-,50+,51?,52+,53?,54+,55-,56?,57-,58+/m1/s1. The zero-order valence-electron chi connectivity index (χ0n) is 42.2. The number of nitrogens with one attached hydrogen (secondary N) is 1. The van der Waals surface area contributed by atoms with E-state index in [9.17, 15) is 15.0 Å². The average molecular weight is 984 g/mol. The highest BCUT2D eigenvalue weighted by atomic mass is 16.7. The molecule has 3 fully saturated rings. The number of aryl methyl sites for hydroxylation is 1. The first-order valence-corrected chi connectivity index (χ1v) is 25.6. The van der Waals surface area contributed by atoms with Crippen LogP contribution in [0.1, 0.15) is 80.3 Å². The Bertz CT molecular complexity index is 2370. The topological polar surface area (TPSA) is 143 Å². The highest BCUT2D eigenvalue weighted by Gasteiger charge is 2.52. The summed E-state index contributed by atoms with van der Waals surface area (Å²) in [7, 11) is 0. The maximum atomic E-state index is 13.3. The normalized spacial score (nSPS) is 29.8. The number of aliphatic hydroxyl groups excluding tert-OH is 2. The fourth-order valence-corrected chi connectivity index (χ4v) is 10.6. The molecule has 3 N–H and O–H groups in total. The Balaban J connectivity index is 1.11. The van der Waals surface area contributed by atoms with Gasteiger partial charge < -0.3 is 53.4 Å². The van der Waals surface area contributed by atoms with Gasteiger partial charge in [0, 0.05) is 5.92 Å². The molecule has 1 amide bonds. The number of aliphatic hydroxyl groups is 2. The molecule has 8 rings (SSSR count). The van der Waals surface area contributed by atoms with Gasteiger partial charge in [-0.05, 0) is 66.3 Å². The summed E-state index contributed by atoms with van der Waals surface area (Å²) >= 11 is 0. The summed E-state index contributed by atoms with van der Waals surface area (Å²) in [5.41, 5.74) is 4.56. The van der Waals surface area contributed by atoms with Crippen molar-refractivity contribution in [2.75, 3.05) is 13.2 Å². The molecule has 1 aliphatic carbocycles. The monoisotopic (exact) mass is 984 g/mol. The van der Waals surface area contributed by atoms with Gasteiger partial charge in [0.1, 0.15) is 42.7 Å². The van der Waals surface area contributed by atoms with Gasteiger partial charge in [0.05, 0.1) is 44.2 Å². The van der Waals surface area contributed by atoms with E-state index in [1.165, 1.54) is 6.08 Å². The number of alkyl carbamates (subject to hydrolysis) is 1. The van der Waals surface area contributed by atoms with E-state index in [-0.39, 0.29) is 37.1 Å². The third-order valence-corrected chi connectivity index (χ3v) is 14.7. The van der Waals surface area contributed by atoms with Crippen molar-refractivity contribution in [1.29, 1.82) is 0 Å². The fourth-order valence-electron chi connectivity index (χ4n) is 10.6. The van der Waals surface area contributed by atoms with Crippen LogP contribution in [0.25, 0.3) is 0 Å². The van der Waals surface area contributed by atoms with Crippen molar-refractivity contribution in [2.45, 2.75) is 140 Å². The number of benzene rings is 5. The van der Waals surface area contributed by atoms with Crippen molar-refractivity contribution in [3.63, 3.8) is 0 Å². The Morgan fingerprint density at radius 2 is 1.25 bits per heavy atom. The summed E-state index contributed by atoms with van der Waals surface area (Å²) in [5, 5.41) is 26.9. The number of rotatable bonds is 20. The van der Waals surface area contributed by atoms with Gasteiger partial charge in [-0.25, -0.2) is 4.79 Å². The molecule has 12 nitrogen and oxygen atoms in total. The second kappa shape index (κ2) is 25.1. The van der Waals surface area contributed by atoms with E-state index in [2.05, 4.69) is 32.7 Å². The first kappa shape index (κ1) is 53.1. The first-order chi connectivity index (χ1) is 35.0. The van der Waals surface area contributed by atoms with Gasteiger partial charge in [-0.1, -0.05) is 191 Å². The molecule has 2 saturated heterocycles. The van der Waals surface area contributed by atoms with Crippen molar-refractivity contribution >= 4 is 6.09 Å². The van der Waals surface area contributed by atoms with Crippen molar-refractivity contribution in [1.82, 2.24) is 5.32 Å². The zero-order valence-corrected chi connectivity index (χ0v) is 42.2. The molecule has 0 aromatic heterocycles. The quantitative estimate of drug-likeness (QED) is 0.0507. The van der Waals surface area contributed by atoms with Crippen LogP contribution >= 0.6 is 0 Å². The van der Waals surface area contributed by atoms with Crippen LogP contribution in [0.15, 0.2) is 158 Å². The molecule has 1 saturated carbocycles. The Kier molecular flexibility index (Phi) is 18.5. The molecular weight excluding hydrogens is 911 g/mol. The lowest BCUT2D eigenvalue weighted by Gasteiger charge is -2.49. The molecule has 12 heteroatoms. The minimum atomic E-state index is -1.57. The van der Waals surface area contributed by atoms with E-state index in [1.54, 1.807) is 0 Å². The molecule has 3 aliphatic rings. The summed E-state index contributed by atoms with van der Waals surface area (Å²) in [4.78, 5) is 13.3. The lowest BCUT2D eigenvalue weighted by atomic mass is 9.77. The lowest BCUT2D eigenvalue weighted by Crippen LogP contribution is -2.66. The molecular formula is C60H73NO11. The first-order valence-electron chi connectivity index (χ1n) is 25.6. The SMILES string of the molecule is C=CCOC(=O)NC1C(O)[C@@H](O)[C@H](COC(c2ccccc2)(c2ccccc2)c2ccc(C)cc2)O[C@H]1O[C@@H]1CC(C)CC(CC)[C@H]1O[C@@H]1OC(C)[C@@H](C)[C@H](OCc2ccccc2)C1OCc1ccccc1. The molecule has 0 bridgehead atoms. The van der Waals surface area contributed by atoms with E-state index >= 15 is 0 Å². The van der Waals surface area contributed by atoms with Crippen LogP contribution in [0.4, 0.5) is 4.79 Å². The second-order valence-corrected chi connectivity index (χ2v) is 19.8. The third-order valence-electron chi connectivity index (χ3n) is 14.7. The number of carbonyl (C=O) groups excluding carboxylic acids is 1. The second-order valence-electron chi connectivity index (χ2n) is 19.8. The van der Waals surface area contributed by atoms with Crippen molar-refractivity contribution in [2.24, 2.45) is 17.8 Å². The number of hydrogen-bond acceptors (Lipinski definition) is 11. The van der Waals surface area contributed by atoms with Crippen LogP contribution in [0.2, 0.25) is 0 Å². The summed E-state index contributed by atoms with van der Waals surface area (Å²) < 4.78 is 54.1. The van der Waals surface area contributed by atoms with Crippen LogP contribution in [0.3, 0.4) is 0 Å². The van der Waals surface area contributed by atoms with Gasteiger partial charge in [0.25, 0.3) is 0 Å². The maximum Gasteiger partial charge on any atom is 0.407 e. The Hall–Kier alpha value is -5.25. The number of ether oxygens (including phenoxy) is 8. The largest absolute Gasteiger partial charge is 0.445 e. The molecule has 2 heterocycles. The summed E-state index contributed by atoms with van der Waals surface area (Å²) in [6, 6.07) is 46.9. The molecule has 384 valence electrons. The highest BCUT2D eigenvalue weighted by Crippen LogP contribution is 2.43. The van der Waals surface area contributed by atoms with Crippen LogP contribution in [-0.2, 0) is 56.7 Å². The number of amides is 1. The Morgan fingerprint density at radius 1 is 0.694 bits per heavy atom. The Morgan fingerprint density at radius 3 is 1.82 bits per heavy atom. The van der Waals surface area contributed by atoms with Crippen molar-refractivity contribution in [3.05, 3.63) is 192 Å². The minimum Gasteiger partial charge on any atom is -0.445 e. The molecule has 0 radical (unpaired) electrons. The average Bonchev–Trinajstić information content (AvgIpc) is 3.40. The summed E-state index contributed by atoms with van der Waals surface area (Å²) in [6.45, 7) is 14.6. The van der Waals surface area contributed by atoms with Crippen LogP contribution < -0.4 is 5.32 Å². The van der Waals surface area contributed by atoms with Gasteiger partial charge in [-0.2, -0.15) is 0 Å². The van der Waals surface area contributed by atoms with Crippen LogP contribution in [0.5, 0.6) is 0 Å². The van der Waals surface area contributed by atoms with E-state index < -0.39 is 73.0 Å². The fraction of sp³-hybridized carbons (Fsp3) is 0.450.